The number of aryl methyl sites for hydroxylation is 1. The fourth-order valence-corrected chi connectivity index (χ4v) is 4.73. The van der Waals surface area contributed by atoms with Crippen LogP contribution in [-0.4, -0.2) is 9.03 Å². The molecule has 0 bridgehead atoms. The Labute approximate surface area is 186 Å². The minimum Gasteiger partial charge on any atom is -0.267 e. The van der Waals surface area contributed by atoms with Crippen molar-refractivity contribution in [2.75, 3.05) is 0 Å². The Morgan fingerprint density at radius 3 is 1.91 bits per heavy atom. The van der Waals surface area contributed by atoms with Crippen LogP contribution in [0.3, 0.4) is 0 Å². The maximum atomic E-state index is 13.8. The topological polar surface area (TPSA) is 43.0 Å². The minimum absolute atomic E-state index is 0.167. The van der Waals surface area contributed by atoms with Crippen molar-refractivity contribution in [3.63, 3.8) is 0 Å². The van der Waals surface area contributed by atoms with Crippen LogP contribution in [0.1, 0.15) is 38.2 Å². The van der Waals surface area contributed by atoms with E-state index in [0.29, 0.717) is 10.8 Å². The number of para-hydroxylation sites is 1. The molecule has 0 aliphatic heterocycles. The molecule has 0 N–H and O–H groups in total. The zero-order valence-electron chi connectivity index (χ0n) is 18.3. The summed E-state index contributed by atoms with van der Waals surface area (Å²) < 4.78 is 3.18. The van der Waals surface area contributed by atoms with Crippen LogP contribution >= 0.6 is 0 Å². The van der Waals surface area contributed by atoms with E-state index in [-0.39, 0.29) is 11.1 Å². The number of unbranched alkanes of at least 4 members (excludes halogenated alkanes) is 3. The molecule has 4 nitrogen and oxygen atoms in total. The number of nitrogens with zero attached hydrogens (tertiary/aromatic N) is 2. The lowest BCUT2D eigenvalue weighted by Gasteiger charge is -2.20. The van der Waals surface area contributed by atoms with Gasteiger partial charge in [-0.15, -0.1) is 0 Å². The van der Waals surface area contributed by atoms with Gasteiger partial charge in [-0.3, -0.25) is 9.59 Å². The highest BCUT2D eigenvalue weighted by molar-refractivity contribution is 5.89. The molecule has 160 valence electrons. The largest absolute Gasteiger partial charge is 0.278 e. The van der Waals surface area contributed by atoms with Crippen LogP contribution in [-0.2, 0) is 6.42 Å². The summed E-state index contributed by atoms with van der Waals surface area (Å²) in [6.07, 6.45) is 5.40. The SMILES string of the molecule is CCCCCCc1c(-c2ccccc2)n2c(=O)c3ccccc3c(=O)n2c2ccccc12. The molecule has 2 aromatic heterocycles. The second-order valence-electron chi connectivity index (χ2n) is 8.30. The van der Waals surface area contributed by atoms with Crippen molar-refractivity contribution in [3.8, 4) is 11.3 Å². The Hall–Kier alpha value is -3.66. The third-order valence-electron chi connectivity index (χ3n) is 6.26. The van der Waals surface area contributed by atoms with E-state index in [0.717, 1.165) is 47.0 Å². The number of hydrogen-bond donors (Lipinski definition) is 0. The third-order valence-corrected chi connectivity index (χ3v) is 6.26. The summed E-state index contributed by atoms with van der Waals surface area (Å²) >= 11 is 0. The van der Waals surface area contributed by atoms with E-state index < -0.39 is 0 Å². The molecule has 0 saturated heterocycles. The van der Waals surface area contributed by atoms with Gasteiger partial charge in [0.2, 0.25) is 0 Å². The summed E-state index contributed by atoms with van der Waals surface area (Å²) in [7, 11) is 0. The molecular weight excluding hydrogens is 396 g/mol. The normalized spacial score (nSPS) is 11.5. The van der Waals surface area contributed by atoms with Gasteiger partial charge in [-0.25, -0.2) is 9.03 Å². The fourth-order valence-electron chi connectivity index (χ4n) is 4.73. The molecule has 0 fully saturated rings. The standard InChI is InChI=1S/C28H26N2O2/c1-2-3-4-8-16-22-21-15-11-12-19-25(21)29-27(31)23-17-9-10-18-24(23)28(32)30(29)26(22)20-13-6-5-7-14-20/h5-7,9-15,17-19H,2-4,8,16H2,1H3. The van der Waals surface area contributed by atoms with Gasteiger partial charge in [-0.1, -0.05) is 86.8 Å². The molecule has 0 aliphatic carbocycles. The van der Waals surface area contributed by atoms with E-state index >= 15 is 0 Å². The highest BCUT2D eigenvalue weighted by Crippen LogP contribution is 2.30. The zero-order valence-corrected chi connectivity index (χ0v) is 18.3. The number of hydrogen-bond acceptors (Lipinski definition) is 2. The second kappa shape index (κ2) is 8.46. The second-order valence-corrected chi connectivity index (χ2v) is 8.30. The lowest BCUT2D eigenvalue weighted by Crippen LogP contribution is -2.32. The monoisotopic (exact) mass is 422 g/mol. The first-order chi connectivity index (χ1) is 15.7. The Balaban J connectivity index is 1.99. The van der Waals surface area contributed by atoms with Crippen molar-refractivity contribution in [2.45, 2.75) is 39.0 Å². The van der Waals surface area contributed by atoms with Crippen LogP contribution in [0.5, 0.6) is 0 Å². The molecule has 2 heterocycles. The molecule has 3 aromatic carbocycles. The summed E-state index contributed by atoms with van der Waals surface area (Å²) in [5.74, 6) is 0. The van der Waals surface area contributed by atoms with Crippen molar-refractivity contribution in [3.05, 3.63) is 105 Å². The fraction of sp³-hybridized carbons (Fsp3) is 0.214. The quantitative estimate of drug-likeness (QED) is 0.196. The molecule has 5 rings (SSSR count). The summed E-state index contributed by atoms with van der Waals surface area (Å²) in [5, 5.41) is 1.92. The van der Waals surface area contributed by atoms with Gasteiger partial charge in [0.15, 0.2) is 0 Å². The van der Waals surface area contributed by atoms with Crippen LogP contribution < -0.4 is 11.1 Å². The number of fused-ring (bicyclic) bond motifs is 4. The van der Waals surface area contributed by atoms with Gasteiger partial charge in [-0.2, -0.15) is 0 Å². The van der Waals surface area contributed by atoms with Gasteiger partial charge >= 0.3 is 0 Å². The molecule has 0 spiro atoms. The molecule has 0 aliphatic rings. The Bertz CT molecular complexity index is 1550. The predicted molar refractivity (Wildman–Crippen MR) is 132 cm³/mol. The summed E-state index contributed by atoms with van der Waals surface area (Å²) in [4.78, 5) is 27.5. The number of aromatic nitrogens is 2. The maximum absolute atomic E-state index is 13.8. The third kappa shape index (κ3) is 3.23. The van der Waals surface area contributed by atoms with E-state index in [1.165, 1.54) is 12.8 Å². The van der Waals surface area contributed by atoms with Crippen molar-refractivity contribution in [2.24, 2.45) is 0 Å². The van der Waals surface area contributed by atoms with Gasteiger partial charge in [-0.05, 0) is 36.6 Å². The molecule has 32 heavy (non-hydrogen) atoms. The highest BCUT2D eigenvalue weighted by atomic mass is 16.2. The first kappa shape index (κ1) is 20.3. The summed E-state index contributed by atoms with van der Waals surface area (Å²) in [5.41, 5.74) is 3.31. The van der Waals surface area contributed by atoms with E-state index in [2.05, 4.69) is 13.0 Å². The molecule has 0 radical (unpaired) electrons. The molecule has 0 unspecified atom stereocenters. The Kier molecular flexibility index (Phi) is 5.36. The molecule has 0 atom stereocenters. The van der Waals surface area contributed by atoms with Crippen molar-refractivity contribution >= 4 is 21.7 Å². The Morgan fingerprint density at radius 1 is 0.625 bits per heavy atom. The van der Waals surface area contributed by atoms with E-state index in [1.54, 1.807) is 21.2 Å². The zero-order chi connectivity index (χ0) is 22.1. The van der Waals surface area contributed by atoms with Crippen molar-refractivity contribution in [1.29, 1.82) is 0 Å². The number of benzene rings is 3. The van der Waals surface area contributed by atoms with E-state index in [4.69, 9.17) is 0 Å². The van der Waals surface area contributed by atoms with Gasteiger partial charge in [0.25, 0.3) is 11.1 Å². The van der Waals surface area contributed by atoms with Gasteiger partial charge < -0.3 is 0 Å². The molecule has 5 aromatic rings. The van der Waals surface area contributed by atoms with Crippen molar-refractivity contribution < 1.29 is 0 Å². The first-order valence-electron chi connectivity index (χ1n) is 11.4. The summed E-state index contributed by atoms with van der Waals surface area (Å²) in [6, 6.07) is 25.0. The van der Waals surface area contributed by atoms with Crippen LogP contribution in [0.2, 0.25) is 0 Å². The minimum atomic E-state index is -0.175. The lowest BCUT2D eigenvalue weighted by molar-refractivity contribution is 0.664. The molecule has 0 amide bonds. The average molecular weight is 423 g/mol. The van der Waals surface area contributed by atoms with Gasteiger partial charge in [0.05, 0.1) is 22.0 Å². The Morgan fingerprint density at radius 2 is 1.22 bits per heavy atom. The van der Waals surface area contributed by atoms with E-state index in [1.807, 2.05) is 60.7 Å². The van der Waals surface area contributed by atoms with Crippen LogP contribution in [0.4, 0.5) is 0 Å². The van der Waals surface area contributed by atoms with Crippen LogP contribution in [0.15, 0.2) is 88.5 Å². The van der Waals surface area contributed by atoms with Crippen molar-refractivity contribution in [1.82, 2.24) is 9.03 Å². The first-order valence-corrected chi connectivity index (χ1v) is 11.4. The van der Waals surface area contributed by atoms with Gasteiger partial charge in [0.1, 0.15) is 0 Å². The predicted octanol–water partition coefficient (Wildman–Crippen LogP) is 5.86. The van der Waals surface area contributed by atoms with Crippen LogP contribution in [0, 0.1) is 0 Å². The molecule has 4 heteroatoms. The van der Waals surface area contributed by atoms with Gasteiger partial charge in [0, 0.05) is 10.9 Å². The lowest BCUT2D eigenvalue weighted by atomic mass is 9.96. The summed E-state index contributed by atoms with van der Waals surface area (Å²) in [6.45, 7) is 2.21. The molecular formula is C28H26N2O2. The van der Waals surface area contributed by atoms with Crippen LogP contribution in [0.25, 0.3) is 32.9 Å². The maximum Gasteiger partial charge on any atom is 0.278 e. The smallest absolute Gasteiger partial charge is 0.267 e. The highest BCUT2D eigenvalue weighted by Gasteiger charge is 2.20. The number of rotatable bonds is 6. The van der Waals surface area contributed by atoms with E-state index in [9.17, 15) is 9.59 Å². The molecule has 0 saturated carbocycles. The average Bonchev–Trinajstić information content (AvgIpc) is 2.85.